The number of carbonyl (C=O) groups excluding carboxylic acids is 1. The van der Waals surface area contributed by atoms with E-state index in [0.29, 0.717) is 30.8 Å². The van der Waals surface area contributed by atoms with Crippen molar-refractivity contribution in [2.24, 2.45) is 5.92 Å². The van der Waals surface area contributed by atoms with Crippen LogP contribution in [0.2, 0.25) is 0 Å². The molecule has 0 radical (unpaired) electrons. The fraction of sp³-hybridized carbons (Fsp3) is 0.611. The number of benzene rings is 1. The Bertz CT molecular complexity index is 734. The zero-order chi connectivity index (χ0) is 18.0. The molecule has 2 aliphatic heterocycles. The van der Waals surface area contributed by atoms with Crippen molar-refractivity contribution in [1.82, 2.24) is 14.5 Å². The van der Waals surface area contributed by atoms with Crippen LogP contribution in [0.15, 0.2) is 23.1 Å². The normalized spacial score (nSPS) is 20.6. The highest BCUT2D eigenvalue weighted by atomic mass is 32.2. The number of hydrogen-bond acceptors (Lipinski definition) is 4. The van der Waals surface area contributed by atoms with E-state index in [9.17, 15) is 13.2 Å². The first-order valence-electron chi connectivity index (χ1n) is 8.96. The number of carbonyl (C=O) groups is 1. The van der Waals surface area contributed by atoms with Crippen molar-refractivity contribution in [3.63, 3.8) is 0 Å². The maximum absolute atomic E-state index is 12.9. The SMILES string of the molecule is Cc1ccc(S(=O)(=O)N2CCC(C(=O)N3CCNCC3)CC2)c(C)c1. The van der Waals surface area contributed by atoms with Gasteiger partial charge in [0.05, 0.1) is 4.90 Å². The molecule has 1 amide bonds. The van der Waals surface area contributed by atoms with Crippen molar-refractivity contribution in [2.75, 3.05) is 39.3 Å². The monoisotopic (exact) mass is 365 g/mol. The molecule has 0 aliphatic carbocycles. The number of nitrogens with one attached hydrogen (secondary N) is 1. The minimum Gasteiger partial charge on any atom is -0.340 e. The van der Waals surface area contributed by atoms with Gasteiger partial charge in [-0.25, -0.2) is 8.42 Å². The van der Waals surface area contributed by atoms with Crippen molar-refractivity contribution >= 4 is 15.9 Å². The van der Waals surface area contributed by atoms with Gasteiger partial charge in [0, 0.05) is 45.2 Å². The third kappa shape index (κ3) is 3.88. The average molecular weight is 365 g/mol. The van der Waals surface area contributed by atoms with Gasteiger partial charge >= 0.3 is 0 Å². The van der Waals surface area contributed by atoms with Crippen LogP contribution < -0.4 is 5.32 Å². The predicted molar refractivity (Wildman–Crippen MR) is 96.8 cm³/mol. The third-order valence-corrected chi connectivity index (χ3v) is 7.24. The molecule has 3 rings (SSSR count). The van der Waals surface area contributed by atoms with Crippen LogP contribution in [0.5, 0.6) is 0 Å². The summed E-state index contributed by atoms with van der Waals surface area (Å²) in [5, 5.41) is 3.25. The Labute approximate surface area is 150 Å². The Morgan fingerprint density at radius 3 is 2.32 bits per heavy atom. The zero-order valence-electron chi connectivity index (χ0n) is 15.0. The van der Waals surface area contributed by atoms with Gasteiger partial charge in [0.1, 0.15) is 0 Å². The average Bonchev–Trinajstić information content (AvgIpc) is 2.61. The molecule has 1 aromatic rings. The zero-order valence-corrected chi connectivity index (χ0v) is 15.8. The first kappa shape index (κ1) is 18.4. The van der Waals surface area contributed by atoms with E-state index in [4.69, 9.17) is 0 Å². The van der Waals surface area contributed by atoms with Gasteiger partial charge in [-0.3, -0.25) is 4.79 Å². The lowest BCUT2D eigenvalue weighted by molar-refractivity contribution is -0.137. The lowest BCUT2D eigenvalue weighted by atomic mass is 9.96. The van der Waals surface area contributed by atoms with Crippen LogP contribution in [-0.4, -0.2) is 62.8 Å². The molecular weight excluding hydrogens is 338 g/mol. The van der Waals surface area contributed by atoms with E-state index >= 15 is 0 Å². The van der Waals surface area contributed by atoms with Crippen LogP contribution in [0.25, 0.3) is 0 Å². The first-order valence-corrected chi connectivity index (χ1v) is 10.4. The van der Waals surface area contributed by atoms with Crippen LogP contribution in [-0.2, 0) is 14.8 Å². The molecule has 1 aromatic carbocycles. The summed E-state index contributed by atoms with van der Waals surface area (Å²) in [4.78, 5) is 14.9. The predicted octanol–water partition coefficient (Wildman–Crippen LogP) is 1.14. The number of piperazine rings is 1. The second kappa shape index (κ2) is 7.43. The van der Waals surface area contributed by atoms with Crippen LogP contribution in [0.1, 0.15) is 24.0 Å². The molecule has 2 heterocycles. The minimum absolute atomic E-state index is 0.0522. The highest BCUT2D eigenvalue weighted by Crippen LogP contribution is 2.27. The Balaban J connectivity index is 1.66. The molecular formula is C18H27N3O3S. The molecule has 7 heteroatoms. The number of nitrogens with zero attached hydrogens (tertiary/aromatic N) is 2. The number of sulfonamides is 1. The number of piperidine rings is 1. The summed E-state index contributed by atoms with van der Waals surface area (Å²) in [6.45, 7) is 7.80. The topological polar surface area (TPSA) is 69.7 Å². The molecule has 2 fully saturated rings. The molecule has 25 heavy (non-hydrogen) atoms. The first-order chi connectivity index (χ1) is 11.9. The molecule has 1 N–H and O–H groups in total. The molecule has 2 aliphatic rings. The maximum atomic E-state index is 12.9. The van der Waals surface area contributed by atoms with E-state index in [1.165, 1.54) is 4.31 Å². The van der Waals surface area contributed by atoms with Crippen LogP contribution in [0.3, 0.4) is 0 Å². The summed E-state index contributed by atoms with van der Waals surface area (Å²) >= 11 is 0. The van der Waals surface area contributed by atoms with E-state index in [1.54, 1.807) is 6.07 Å². The lowest BCUT2D eigenvalue weighted by Gasteiger charge is -2.35. The van der Waals surface area contributed by atoms with Crippen molar-refractivity contribution in [3.8, 4) is 0 Å². The molecule has 0 saturated carbocycles. The highest BCUT2D eigenvalue weighted by Gasteiger charge is 2.34. The van der Waals surface area contributed by atoms with Crippen molar-refractivity contribution in [1.29, 1.82) is 0 Å². The Morgan fingerprint density at radius 1 is 1.08 bits per heavy atom. The van der Waals surface area contributed by atoms with E-state index < -0.39 is 10.0 Å². The van der Waals surface area contributed by atoms with Gasteiger partial charge in [0.25, 0.3) is 0 Å². The summed E-state index contributed by atoms with van der Waals surface area (Å²) in [5.41, 5.74) is 1.83. The summed E-state index contributed by atoms with van der Waals surface area (Å²) in [5.74, 6) is 0.133. The molecule has 138 valence electrons. The Hall–Kier alpha value is -1.44. The lowest BCUT2D eigenvalue weighted by Crippen LogP contribution is -2.50. The van der Waals surface area contributed by atoms with Crippen LogP contribution >= 0.6 is 0 Å². The number of hydrogen-bond donors (Lipinski definition) is 1. The quantitative estimate of drug-likeness (QED) is 0.872. The number of amides is 1. The van der Waals surface area contributed by atoms with Gasteiger partial charge in [-0.15, -0.1) is 0 Å². The number of rotatable bonds is 3. The molecule has 6 nitrogen and oxygen atoms in total. The van der Waals surface area contributed by atoms with Gasteiger partial charge in [0.2, 0.25) is 15.9 Å². The van der Waals surface area contributed by atoms with E-state index in [1.807, 2.05) is 30.9 Å². The molecule has 0 atom stereocenters. The highest BCUT2D eigenvalue weighted by molar-refractivity contribution is 7.89. The second-order valence-corrected chi connectivity index (χ2v) is 8.93. The standard InChI is InChI=1S/C18H27N3O3S/c1-14-3-4-17(15(2)13-14)25(23,24)21-9-5-16(6-10-21)18(22)20-11-7-19-8-12-20/h3-4,13,16,19H,5-12H2,1-2H3. The molecule has 0 unspecified atom stereocenters. The molecule has 2 saturated heterocycles. The largest absolute Gasteiger partial charge is 0.340 e. The number of aryl methyl sites for hydroxylation is 2. The van der Waals surface area contributed by atoms with Gasteiger partial charge < -0.3 is 10.2 Å². The van der Waals surface area contributed by atoms with Gasteiger partial charge in [-0.1, -0.05) is 17.7 Å². The summed E-state index contributed by atoms with van der Waals surface area (Å²) in [7, 11) is -3.49. The fourth-order valence-electron chi connectivity index (χ4n) is 3.71. The summed E-state index contributed by atoms with van der Waals surface area (Å²) in [6, 6.07) is 5.42. The van der Waals surface area contributed by atoms with Gasteiger partial charge in [-0.2, -0.15) is 4.31 Å². The van der Waals surface area contributed by atoms with Gasteiger partial charge in [0.15, 0.2) is 0 Å². The van der Waals surface area contributed by atoms with Crippen molar-refractivity contribution in [3.05, 3.63) is 29.3 Å². The molecule has 0 spiro atoms. The van der Waals surface area contributed by atoms with E-state index in [2.05, 4.69) is 5.32 Å². The smallest absolute Gasteiger partial charge is 0.243 e. The second-order valence-electron chi connectivity index (χ2n) is 7.02. The summed E-state index contributed by atoms with van der Waals surface area (Å²) in [6.07, 6.45) is 1.21. The van der Waals surface area contributed by atoms with Crippen molar-refractivity contribution in [2.45, 2.75) is 31.6 Å². The van der Waals surface area contributed by atoms with Crippen molar-refractivity contribution < 1.29 is 13.2 Å². The molecule has 0 aromatic heterocycles. The van der Waals surface area contributed by atoms with E-state index in [-0.39, 0.29) is 11.8 Å². The van der Waals surface area contributed by atoms with Crippen LogP contribution in [0.4, 0.5) is 0 Å². The maximum Gasteiger partial charge on any atom is 0.243 e. The Kier molecular flexibility index (Phi) is 5.46. The fourth-order valence-corrected chi connectivity index (χ4v) is 5.39. The minimum atomic E-state index is -3.49. The van der Waals surface area contributed by atoms with Gasteiger partial charge in [-0.05, 0) is 38.3 Å². The summed E-state index contributed by atoms with van der Waals surface area (Å²) < 4.78 is 27.4. The third-order valence-electron chi connectivity index (χ3n) is 5.18. The molecule has 0 bridgehead atoms. The van der Waals surface area contributed by atoms with E-state index in [0.717, 1.165) is 37.3 Å². The van der Waals surface area contributed by atoms with Crippen LogP contribution in [0, 0.1) is 19.8 Å². The Morgan fingerprint density at radius 2 is 1.72 bits per heavy atom.